The Hall–Kier alpha value is -7.40. The van der Waals surface area contributed by atoms with E-state index in [1.807, 2.05) is 6.07 Å². The molecule has 1 aliphatic rings. The van der Waals surface area contributed by atoms with Crippen LogP contribution in [0.15, 0.2) is 97.1 Å². The van der Waals surface area contributed by atoms with Crippen molar-refractivity contribution in [3.8, 4) is 17.6 Å². The first kappa shape index (κ1) is 62.4. The molecular formula is C54H66ClN11O11S2. The molecule has 4 aromatic carbocycles. The van der Waals surface area contributed by atoms with Gasteiger partial charge in [0.25, 0.3) is 0 Å². The summed E-state index contributed by atoms with van der Waals surface area (Å²) < 4.78 is 0. The lowest BCUT2D eigenvalue weighted by atomic mass is 10.0. The molecule has 422 valence electrons. The molecule has 0 spiro atoms. The normalized spacial score (nSPS) is 21.0. The zero-order valence-corrected chi connectivity index (χ0v) is 45.8. The quantitative estimate of drug-likeness (QED) is 0.0443. The fourth-order valence-electron chi connectivity index (χ4n) is 8.10. The maximum atomic E-state index is 14.7. The highest BCUT2D eigenvalue weighted by atomic mass is 35.5. The third-order valence-electron chi connectivity index (χ3n) is 12.6. The predicted molar refractivity (Wildman–Crippen MR) is 299 cm³/mol. The number of nitrogens with one attached hydrogen (secondary N) is 8. The van der Waals surface area contributed by atoms with Crippen molar-refractivity contribution >= 4 is 80.4 Å². The predicted octanol–water partition coefficient (Wildman–Crippen LogP) is 0.265. The van der Waals surface area contributed by atoms with E-state index in [9.17, 15) is 58.9 Å². The summed E-state index contributed by atoms with van der Waals surface area (Å²) in [5.74, 6) is -7.81. The number of nitrogens with zero attached hydrogens (tertiary/aromatic N) is 1. The summed E-state index contributed by atoms with van der Waals surface area (Å²) in [6.45, 7) is 1.76. The van der Waals surface area contributed by atoms with Crippen LogP contribution in [-0.2, 0) is 64.0 Å². The van der Waals surface area contributed by atoms with Gasteiger partial charge in [-0.3, -0.25) is 38.4 Å². The van der Waals surface area contributed by atoms with Crippen molar-refractivity contribution in [2.24, 2.45) is 11.5 Å². The summed E-state index contributed by atoms with van der Waals surface area (Å²) in [5, 5.41) is 62.4. The number of carbonyl (C=O) groups is 8. The lowest BCUT2D eigenvalue weighted by Gasteiger charge is -2.29. The van der Waals surface area contributed by atoms with E-state index in [4.69, 9.17) is 23.1 Å². The van der Waals surface area contributed by atoms with Gasteiger partial charge in [-0.05, 0) is 117 Å². The van der Waals surface area contributed by atoms with E-state index in [2.05, 4.69) is 42.5 Å². The van der Waals surface area contributed by atoms with Crippen molar-refractivity contribution < 1.29 is 53.7 Å². The molecule has 79 heavy (non-hydrogen) atoms. The molecule has 5 rings (SSSR count). The Morgan fingerprint density at radius 3 is 1.76 bits per heavy atom. The maximum absolute atomic E-state index is 14.7. The summed E-state index contributed by atoms with van der Waals surface area (Å²) in [7, 11) is 3.66. The number of hydrogen-bond donors (Lipinski definition) is 13. The largest absolute Gasteiger partial charge is 0.508 e. The molecule has 1 fully saturated rings. The van der Waals surface area contributed by atoms with Gasteiger partial charge in [0.2, 0.25) is 47.3 Å². The van der Waals surface area contributed by atoms with Crippen LogP contribution in [0.4, 0.5) is 0 Å². The highest BCUT2D eigenvalue weighted by Gasteiger charge is 2.36. The number of aliphatic hydroxyl groups excluding tert-OH is 1. The SMILES string of the molecule is CNCCCC[C@@H]1NC(=O)[C@@H](Cc2ccc(C#N)cc2)NC(=O)[C@H](Cc2ccc(O)cc2)NC(=O)[C@H](NC(=O)[C@@H](N)Cc2ccc(Cl)cc2)CSSC[C@@H](C(=O)N[C@H](Cc2ccc(O)cc2)C(N)=O)NC(=O)[C@H]([C@@H](C)O)NC1=O. The fourth-order valence-corrected chi connectivity index (χ4v) is 10.6. The summed E-state index contributed by atoms with van der Waals surface area (Å²) in [6, 6.07) is 14.9. The maximum Gasteiger partial charge on any atom is 0.245 e. The van der Waals surface area contributed by atoms with Gasteiger partial charge in [0.15, 0.2) is 0 Å². The zero-order chi connectivity index (χ0) is 57.6. The Kier molecular flexibility index (Phi) is 24.7. The summed E-state index contributed by atoms with van der Waals surface area (Å²) in [5.41, 5.74) is 14.6. The number of phenolic OH excluding ortho intramolecular Hbond substituents is 2. The number of benzene rings is 4. The molecular weight excluding hydrogens is 1080 g/mol. The fraction of sp³-hybridized carbons (Fsp3) is 0.389. The third-order valence-corrected chi connectivity index (χ3v) is 15.3. The highest BCUT2D eigenvalue weighted by Crippen LogP contribution is 2.24. The van der Waals surface area contributed by atoms with Crippen molar-refractivity contribution in [1.29, 1.82) is 5.26 Å². The van der Waals surface area contributed by atoms with Crippen LogP contribution >= 0.6 is 33.2 Å². The number of halogens is 1. The molecule has 1 aliphatic heterocycles. The van der Waals surface area contributed by atoms with Crippen LogP contribution < -0.4 is 54.0 Å². The number of unbranched alkanes of at least 4 members (excludes halogenated alkanes) is 1. The number of nitriles is 1. The minimum atomic E-state index is -1.73. The lowest BCUT2D eigenvalue weighted by molar-refractivity contribution is -0.136. The number of carbonyl (C=O) groups excluding carboxylic acids is 8. The molecule has 8 amide bonds. The average molecular weight is 1140 g/mol. The first-order valence-electron chi connectivity index (χ1n) is 25.3. The minimum Gasteiger partial charge on any atom is -0.508 e. The van der Waals surface area contributed by atoms with Crippen molar-refractivity contribution in [3.05, 3.63) is 130 Å². The molecule has 1 heterocycles. The van der Waals surface area contributed by atoms with Crippen LogP contribution in [0.2, 0.25) is 5.02 Å². The van der Waals surface area contributed by atoms with Gasteiger partial charge in [0.1, 0.15) is 53.8 Å². The molecule has 0 saturated carbocycles. The Labute approximate surface area is 470 Å². The molecule has 25 heteroatoms. The first-order chi connectivity index (χ1) is 37.7. The van der Waals surface area contributed by atoms with E-state index in [-0.39, 0.29) is 55.1 Å². The van der Waals surface area contributed by atoms with E-state index in [0.717, 1.165) is 21.6 Å². The molecule has 0 aliphatic carbocycles. The van der Waals surface area contributed by atoms with E-state index in [1.165, 1.54) is 67.6 Å². The van der Waals surface area contributed by atoms with E-state index in [1.54, 1.807) is 43.4 Å². The van der Waals surface area contributed by atoms with Crippen molar-refractivity contribution in [2.75, 3.05) is 25.1 Å². The third kappa shape index (κ3) is 20.4. The van der Waals surface area contributed by atoms with Crippen LogP contribution in [0, 0.1) is 11.3 Å². The number of aromatic hydroxyl groups is 2. The second-order valence-corrected chi connectivity index (χ2v) is 21.8. The molecule has 9 atom stereocenters. The average Bonchev–Trinajstić information content (AvgIpc) is 3.42. The molecule has 4 aromatic rings. The Morgan fingerprint density at radius 1 is 0.696 bits per heavy atom. The number of aliphatic hydroxyl groups is 1. The van der Waals surface area contributed by atoms with Crippen molar-refractivity contribution in [3.63, 3.8) is 0 Å². The summed E-state index contributed by atoms with van der Waals surface area (Å²) in [6.07, 6.45) is -1.15. The minimum absolute atomic E-state index is 0.00929. The molecule has 15 N–H and O–H groups in total. The van der Waals surface area contributed by atoms with Gasteiger partial charge in [0.05, 0.1) is 23.8 Å². The number of primary amides is 1. The molecule has 0 radical (unpaired) electrons. The second-order valence-electron chi connectivity index (χ2n) is 18.9. The van der Waals surface area contributed by atoms with E-state index >= 15 is 0 Å². The first-order valence-corrected chi connectivity index (χ1v) is 28.1. The van der Waals surface area contributed by atoms with E-state index < -0.39 is 102 Å². The second kappa shape index (κ2) is 31.3. The van der Waals surface area contributed by atoms with Gasteiger partial charge < -0.3 is 69.3 Å². The van der Waals surface area contributed by atoms with E-state index in [0.29, 0.717) is 52.2 Å². The van der Waals surface area contributed by atoms with Gasteiger partial charge in [-0.25, -0.2) is 0 Å². The smallest absolute Gasteiger partial charge is 0.245 e. The van der Waals surface area contributed by atoms with Gasteiger partial charge >= 0.3 is 0 Å². The number of nitrogens with two attached hydrogens (primary N) is 2. The molecule has 0 bridgehead atoms. The van der Waals surface area contributed by atoms with Crippen LogP contribution in [0.1, 0.15) is 54.0 Å². The van der Waals surface area contributed by atoms with Crippen LogP contribution in [0.25, 0.3) is 0 Å². The molecule has 1 saturated heterocycles. The van der Waals surface area contributed by atoms with Gasteiger partial charge in [-0.2, -0.15) is 5.26 Å². The van der Waals surface area contributed by atoms with Gasteiger partial charge in [-0.15, -0.1) is 0 Å². The standard InChI is InChI=1S/C54H66ClN11O11S2/c1-30(67)46-54(77)65-45(52(75)61-41(47(58)70)24-33-12-18-37(68)19-13-33)29-79-78-28-44(64-48(71)39(57)23-31-10-16-36(55)17-11-31)53(76)63-43(26-34-14-20-38(69)21-15-34)51(74)62-42(25-32-6-8-35(27-56)9-7-32)50(73)60-40(49(72)66-46)5-3-4-22-59-2/h6-21,30,39-46,59,67-69H,3-5,22-26,28-29,57H2,1-2H3,(H2,58,70)(H,60,73)(H,61,75)(H,62,74)(H,63,76)(H,64,71)(H,65,77)(H,66,72)/t30-,39+,40+,41-,42-,43+,44-,45+,46+/m1/s1. The number of hydrogen-bond acceptors (Lipinski definition) is 16. The number of amides is 8. The van der Waals surface area contributed by atoms with Crippen LogP contribution in [-0.4, -0.2) is 142 Å². The molecule has 0 unspecified atom stereocenters. The van der Waals surface area contributed by atoms with Crippen molar-refractivity contribution in [2.45, 2.75) is 106 Å². The monoisotopic (exact) mass is 1140 g/mol. The van der Waals surface area contributed by atoms with Crippen LogP contribution in [0.3, 0.4) is 0 Å². The number of rotatable bonds is 19. The highest BCUT2D eigenvalue weighted by molar-refractivity contribution is 8.76. The topological polar surface area (TPSA) is 369 Å². The Morgan fingerprint density at radius 2 is 1.20 bits per heavy atom. The Bertz CT molecular complexity index is 2770. The van der Waals surface area contributed by atoms with Gasteiger partial charge in [0, 0.05) is 35.8 Å². The van der Waals surface area contributed by atoms with Crippen LogP contribution in [0.5, 0.6) is 11.5 Å². The molecule has 0 aromatic heterocycles. The summed E-state index contributed by atoms with van der Waals surface area (Å²) in [4.78, 5) is 114. The lowest BCUT2D eigenvalue weighted by Crippen LogP contribution is -2.62. The summed E-state index contributed by atoms with van der Waals surface area (Å²) >= 11 is 6.07. The molecule has 22 nitrogen and oxygen atoms in total. The van der Waals surface area contributed by atoms with Gasteiger partial charge in [-0.1, -0.05) is 81.7 Å². The number of phenols is 2. The zero-order valence-electron chi connectivity index (χ0n) is 43.4. The van der Waals surface area contributed by atoms with Crippen molar-refractivity contribution in [1.82, 2.24) is 42.5 Å². The Balaban J connectivity index is 1.57.